The predicted molar refractivity (Wildman–Crippen MR) is 119 cm³/mol. The number of carbonyl (C=O) groups is 1. The molecule has 172 valence electrons. The van der Waals surface area contributed by atoms with Gasteiger partial charge in [-0.15, -0.1) is 0 Å². The number of imidazole rings is 1. The molecule has 0 spiro atoms. The lowest BCUT2D eigenvalue weighted by molar-refractivity contribution is 0.0491. The van der Waals surface area contributed by atoms with E-state index in [1.54, 1.807) is 29.8 Å². The highest BCUT2D eigenvalue weighted by molar-refractivity contribution is 5.90. The fourth-order valence-electron chi connectivity index (χ4n) is 3.24. The van der Waals surface area contributed by atoms with Crippen LogP contribution in [0.25, 0.3) is 11.2 Å². The summed E-state index contributed by atoms with van der Waals surface area (Å²) in [6, 6.07) is 4.93. The maximum absolute atomic E-state index is 12.5. The summed E-state index contributed by atoms with van der Waals surface area (Å²) in [5.41, 5.74) is -0.00857. The van der Waals surface area contributed by atoms with Gasteiger partial charge in [0, 0.05) is 14.1 Å². The molecule has 3 rings (SSSR count). The van der Waals surface area contributed by atoms with E-state index in [0.29, 0.717) is 30.3 Å². The molecule has 0 saturated carbocycles. The van der Waals surface area contributed by atoms with Gasteiger partial charge in [-0.1, -0.05) is 13.3 Å². The van der Waals surface area contributed by atoms with Crippen molar-refractivity contribution in [3.63, 3.8) is 0 Å². The van der Waals surface area contributed by atoms with E-state index in [-0.39, 0.29) is 24.3 Å². The average molecular weight is 444 g/mol. The van der Waals surface area contributed by atoms with Gasteiger partial charge in [-0.3, -0.25) is 13.9 Å². The van der Waals surface area contributed by atoms with Crippen molar-refractivity contribution < 1.29 is 19.0 Å². The minimum Gasteiger partial charge on any atom is -0.490 e. The maximum atomic E-state index is 12.5. The van der Waals surface area contributed by atoms with Crippen molar-refractivity contribution in [3.8, 4) is 11.5 Å². The number of nitrogens with zero attached hydrogens (tertiary/aromatic N) is 4. The van der Waals surface area contributed by atoms with Crippen LogP contribution in [0.3, 0.4) is 0 Å². The fraction of sp³-hybridized carbons (Fsp3) is 0.455. The summed E-state index contributed by atoms with van der Waals surface area (Å²) in [4.78, 5) is 41.2. The second-order valence-electron chi connectivity index (χ2n) is 7.25. The normalized spacial score (nSPS) is 11.0. The molecule has 0 aliphatic carbocycles. The molecule has 32 heavy (non-hydrogen) atoms. The molecule has 10 heteroatoms. The summed E-state index contributed by atoms with van der Waals surface area (Å²) >= 11 is 0. The van der Waals surface area contributed by atoms with Crippen molar-refractivity contribution in [1.29, 1.82) is 0 Å². The van der Waals surface area contributed by atoms with Crippen LogP contribution in [0.15, 0.2) is 34.1 Å². The molecule has 1 aromatic carbocycles. The first-order valence-electron chi connectivity index (χ1n) is 10.6. The Hall–Kier alpha value is -3.56. The van der Waals surface area contributed by atoms with Gasteiger partial charge in [0.1, 0.15) is 6.61 Å². The zero-order valence-electron chi connectivity index (χ0n) is 18.8. The number of benzene rings is 1. The Labute approximate surface area is 185 Å². The first-order chi connectivity index (χ1) is 15.4. The number of unbranched alkanes of at least 4 members (excludes halogenated alkanes) is 1. The molecule has 0 unspecified atom stereocenters. The molecule has 3 aromatic rings. The molecule has 2 heterocycles. The van der Waals surface area contributed by atoms with E-state index >= 15 is 0 Å². The van der Waals surface area contributed by atoms with Gasteiger partial charge in [0.25, 0.3) is 5.56 Å². The van der Waals surface area contributed by atoms with Crippen molar-refractivity contribution in [2.45, 2.75) is 33.2 Å². The number of hydrogen-bond acceptors (Lipinski definition) is 7. The second-order valence-corrected chi connectivity index (χ2v) is 7.25. The Morgan fingerprint density at radius 2 is 1.81 bits per heavy atom. The van der Waals surface area contributed by atoms with Gasteiger partial charge in [0.05, 0.1) is 31.6 Å². The van der Waals surface area contributed by atoms with Gasteiger partial charge >= 0.3 is 11.7 Å². The predicted octanol–water partition coefficient (Wildman–Crippen LogP) is 1.87. The molecule has 0 bridgehead atoms. The molecular weight excluding hydrogens is 416 g/mol. The zero-order valence-corrected chi connectivity index (χ0v) is 18.8. The molecule has 0 saturated heterocycles. The van der Waals surface area contributed by atoms with Crippen molar-refractivity contribution >= 4 is 17.1 Å². The maximum Gasteiger partial charge on any atom is 0.338 e. The van der Waals surface area contributed by atoms with Crippen LogP contribution in [0.1, 0.15) is 37.0 Å². The summed E-state index contributed by atoms with van der Waals surface area (Å²) < 4.78 is 20.6. The minimum absolute atomic E-state index is 0.0228. The molecule has 0 N–H and O–H groups in total. The van der Waals surface area contributed by atoms with Gasteiger partial charge in [-0.2, -0.15) is 0 Å². The van der Waals surface area contributed by atoms with Gasteiger partial charge in [0.2, 0.25) is 0 Å². The Balaban J connectivity index is 1.70. The van der Waals surface area contributed by atoms with E-state index in [4.69, 9.17) is 14.2 Å². The number of ether oxygens (including phenoxy) is 3. The third kappa shape index (κ3) is 4.68. The quantitative estimate of drug-likeness (QED) is 0.347. The van der Waals surface area contributed by atoms with Crippen LogP contribution >= 0.6 is 0 Å². The SMILES string of the molecule is CCCCOc1ccc(C(=O)OCCn2cnc3c2c(=O)n(C)c(=O)n3C)cc1OCC. The van der Waals surface area contributed by atoms with Crippen LogP contribution in [-0.4, -0.2) is 44.5 Å². The molecule has 2 aromatic heterocycles. The Kier molecular flexibility index (Phi) is 7.34. The average Bonchev–Trinajstić information content (AvgIpc) is 3.21. The van der Waals surface area contributed by atoms with Crippen molar-refractivity contribution in [1.82, 2.24) is 18.7 Å². The van der Waals surface area contributed by atoms with E-state index in [2.05, 4.69) is 11.9 Å². The number of fused-ring (bicyclic) bond motifs is 1. The number of hydrogen-bond donors (Lipinski definition) is 0. The number of aromatic nitrogens is 4. The Morgan fingerprint density at radius 1 is 1.03 bits per heavy atom. The molecule has 0 aliphatic heterocycles. The molecule has 0 amide bonds. The van der Waals surface area contributed by atoms with E-state index in [1.165, 1.54) is 17.9 Å². The van der Waals surface area contributed by atoms with E-state index in [0.717, 1.165) is 17.4 Å². The van der Waals surface area contributed by atoms with Gasteiger partial charge in [-0.05, 0) is 31.5 Å². The molecule has 0 fully saturated rings. The topological polar surface area (TPSA) is 107 Å². The third-order valence-corrected chi connectivity index (χ3v) is 5.02. The number of rotatable bonds is 10. The molecule has 0 atom stereocenters. The summed E-state index contributed by atoms with van der Waals surface area (Å²) in [7, 11) is 2.96. The summed E-state index contributed by atoms with van der Waals surface area (Å²) in [5, 5.41) is 0. The lowest BCUT2D eigenvalue weighted by Gasteiger charge is -2.13. The minimum atomic E-state index is -0.518. The summed E-state index contributed by atoms with van der Waals surface area (Å²) in [6.07, 6.45) is 3.40. The highest BCUT2D eigenvalue weighted by Gasteiger charge is 2.16. The smallest absolute Gasteiger partial charge is 0.338 e. The molecular formula is C22H28N4O6. The first kappa shape index (κ1) is 23.1. The van der Waals surface area contributed by atoms with Crippen LogP contribution in [0.5, 0.6) is 11.5 Å². The largest absolute Gasteiger partial charge is 0.490 e. The third-order valence-electron chi connectivity index (χ3n) is 5.02. The number of carbonyl (C=O) groups excluding carboxylic acids is 1. The summed E-state index contributed by atoms with van der Waals surface area (Å²) in [6.45, 7) is 5.19. The van der Waals surface area contributed by atoms with Crippen LogP contribution in [0, 0.1) is 0 Å². The monoisotopic (exact) mass is 444 g/mol. The van der Waals surface area contributed by atoms with Crippen molar-refractivity contribution in [2.24, 2.45) is 14.1 Å². The lowest BCUT2D eigenvalue weighted by Crippen LogP contribution is -2.37. The highest BCUT2D eigenvalue weighted by atomic mass is 16.5. The molecule has 0 radical (unpaired) electrons. The standard InChI is InChI=1S/C22H28N4O6/c1-5-7-11-31-16-9-8-15(13-17(16)30-6-2)21(28)32-12-10-26-14-23-19-18(26)20(27)25(4)22(29)24(19)3/h8-9,13-14H,5-7,10-12H2,1-4H3. The highest BCUT2D eigenvalue weighted by Crippen LogP contribution is 2.29. The van der Waals surface area contributed by atoms with Gasteiger partial charge in [-0.25, -0.2) is 14.6 Å². The van der Waals surface area contributed by atoms with Crippen LogP contribution in [0.2, 0.25) is 0 Å². The van der Waals surface area contributed by atoms with E-state index in [9.17, 15) is 14.4 Å². The van der Waals surface area contributed by atoms with Crippen molar-refractivity contribution in [3.05, 3.63) is 50.9 Å². The van der Waals surface area contributed by atoms with E-state index in [1.807, 2.05) is 6.92 Å². The van der Waals surface area contributed by atoms with Crippen LogP contribution in [-0.2, 0) is 25.4 Å². The lowest BCUT2D eigenvalue weighted by atomic mass is 10.2. The number of aryl methyl sites for hydroxylation is 1. The zero-order chi connectivity index (χ0) is 23.3. The molecule has 10 nitrogen and oxygen atoms in total. The van der Waals surface area contributed by atoms with Crippen molar-refractivity contribution in [2.75, 3.05) is 19.8 Å². The second kappa shape index (κ2) is 10.2. The van der Waals surface area contributed by atoms with E-state index < -0.39 is 17.2 Å². The molecule has 0 aliphatic rings. The Bertz CT molecular complexity index is 1220. The van der Waals surface area contributed by atoms with Crippen LogP contribution in [0.4, 0.5) is 0 Å². The van der Waals surface area contributed by atoms with Gasteiger partial charge in [0.15, 0.2) is 22.7 Å². The van der Waals surface area contributed by atoms with Gasteiger partial charge < -0.3 is 18.8 Å². The number of esters is 1. The first-order valence-corrected chi connectivity index (χ1v) is 10.6. The fourth-order valence-corrected chi connectivity index (χ4v) is 3.24. The van der Waals surface area contributed by atoms with Crippen LogP contribution < -0.4 is 20.7 Å². The summed E-state index contributed by atoms with van der Waals surface area (Å²) in [5.74, 6) is 0.557. The Morgan fingerprint density at radius 3 is 2.53 bits per heavy atom.